The summed E-state index contributed by atoms with van der Waals surface area (Å²) < 4.78 is 4.62. The number of H-pyrrole nitrogens is 1. The summed E-state index contributed by atoms with van der Waals surface area (Å²) in [5, 5.41) is 0. The number of benzene rings is 1. The second-order valence-corrected chi connectivity index (χ2v) is 4.79. The van der Waals surface area contributed by atoms with Crippen molar-refractivity contribution in [2.24, 2.45) is 0 Å². The van der Waals surface area contributed by atoms with Crippen LogP contribution in [0.15, 0.2) is 30.3 Å². The van der Waals surface area contributed by atoms with Gasteiger partial charge < -0.3 is 15.5 Å². The van der Waals surface area contributed by atoms with E-state index >= 15 is 0 Å². The molecule has 0 unspecified atom stereocenters. The zero-order valence-electron chi connectivity index (χ0n) is 12.0. The van der Waals surface area contributed by atoms with E-state index in [1.165, 1.54) is 12.7 Å². The van der Waals surface area contributed by atoms with Gasteiger partial charge in [-0.25, -0.2) is 19.7 Å². The Labute approximate surface area is 126 Å². The number of esters is 1. The fourth-order valence-electron chi connectivity index (χ4n) is 2.17. The lowest BCUT2D eigenvalue weighted by Gasteiger charge is -2.02. The lowest BCUT2D eigenvalue weighted by Crippen LogP contribution is -2.03. The standard InChI is InChI=1S/C15H15N5O2/c1-22-15(21)14-19-11-12(16)17-10(18-13(11)20-14)8-7-9-5-3-2-4-6-9/h2-6H,7-8H2,1H3,(H3,16,17,18,19,20). The number of ether oxygens (including phenoxy) is 1. The van der Waals surface area contributed by atoms with Crippen molar-refractivity contribution >= 4 is 23.0 Å². The molecule has 3 N–H and O–H groups in total. The van der Waals surface area contributed by atoms with Gasteiger partial charge >= 0.3 is 5.97 Å². The zero-order chi connectivity index (χ0) is 15.5. The van der Waals surface area contributed by atoms with E-state index in [-0.39, 0.29) is 11.6 Å². The fraction of sp³-hybridized carbons (Fsp3) is 0.200. The topological polar surface area (TPSA) is 107 Å². The number of aromatic amines is 1. The number of aromatic nitrogens is 4. The largest absolute Gasteiger partial charge is 0.463 e. The SMILES string of the molecule is COC(=O)c1nc2nc(CCc3ccccc3)nc(N)c2[nH]1. The summed E-state index contributed by atoms with van der Waals surface area (Å²) in [6, 6.07) is 10.0. The molecule has 0 radical (unpaired) electrons. The van der Waals surface area contributed by atoms with Gasteiger partial charge in [0, 0.05) is 6.42 Å². The minimum Gasteiger partial charge on any atom is -0.463 e. The maximum Gasteiger partial charge on any atom is 0.374 e. The lowest BCUT2D eigenvalue weighted by atomic mass is 10.1. The number of hydrogen-bond acceptors (Lipinski definition) is 6. The maximum absolute atomic E-state index is 11.5. The highest BCUT2D eigenvalue weighted by Crippen LogP contribution is 2.16. The predicted molar refractivity (Wildman–Crippen MR) is 81.3 cm³/mol. The van der Waals surface area contributed by atoms with E-state index in [0.29, 0.717) is 23.4 Å². The van der Waals surface area contributed by atoms with Gasteiger partial charge in [-0.3, -0.25) is 0 Å². The first kappa shape index (κ1) is 14.0. The third-order valence-corrected chi connectivity index (χ3v) is 3.28. The van der Waals surface area contributed by atoms with Crippen molar-refractivity contribution in [1.82, 2.24) is 19.9 Å². The van der Waals surface area contributed by atoms with Gasteiger partial charge in [0.15, 0.2) is 11.5 Å². The third kappa shape index (κ3) is 2.73. The van der Waals surface area contributed by atoms with Gasteiger partial charge in [0.05, 0.1) is 7.11 Å². The van der Waals surface area contributed by atoms with E-state index in [0.717, 1.165) is 6.42 Å². The van der Waals surface area contributed by atoms with Crippen LogP contribution < -0.4 is 5.73 Å². The number of nitrogens with zero attached hydrogens (tertiary/aromatic N) is 3. The number of aryl methyl sites for hydroxylation is 2. The quantitative estimate of drug-likeness (QED) is 0.707. The molecule has 7 nitrogen and oxygen atoms in total. The molecule has 22 heavy (non-hydrogen) atoms. The third-order valence-electron chi connectivity index (χ3n) is 3.28. The molecule has 2 heterocycles. The minimum atomic E-state index is -0.566. The van der Waals surface area contributed by atoms with E-state index in [1.807, 2.05) is 30.3 Å². The lowest BCUT2D eigenvalue weighted by molar-refractivity contribution is 0.0588. The minimum absolute atomic E-state index is 0.0682. The summed E-state index contributed by atoms with van der Waals surface area (Å²) in [4.78, 5) is 27.0. The monoisotopic (exact) mass is 297 g/mol. The summed E-state index contributed by atoms with van der Waals surface area (Å²) in [7, 11) is 1.29. The molecular formula is C15H15N5O2. The molecule has 1 aromatic carbocycles. The normalized spacial score (nSPS) is 10.8. The molecule has 0 atom stereocenters. The van der Waals surface area contributed by atoms with Crippen molar-refractivity contribution < 1.29 is 9.53 Å². The molecule has 0 aliphatic heterocycles. The Kier molecular flexibility index (Phi) is 3.69. The highest BCUT2D eigenvalue weighted by atomic mass is 16.5. The molecule has 112 valence electrons. The van der Waals surface area contributed by atoms with Crippen molar-refractivity contribution in [2.75, 3.05) is 12.8 Å². The van der Waals surface area contributed by atoms with Gasteiger partial charge in [0.2, 0.25) is 5.82 Å². The van der Waals surface area contributed by atoms with E-state index in [4.69, 9.17) is 5.73 Å². The van der Waals surface area contributed by atoms with Crippen molar-refractivity contribution in [3.05, 3.63) is 47.5 Å². The second-order valence-electron chi connectivity index (χ2n) is 4.79. The zero-order valence-corrected chi connectivity index (χ0v) is 12.0. The first-order chi connectivity index (χ1) is 10.7. The highest BCUT2D eigenvalue weighted by molar-refractivity contribution is 5.91. The van der Waals surface area contributed by atoms with Gasteiger partial charge in [-0.1, -0.05) is 30.3 Å². The number of nitrogens with two attached hydrogens (primary N) is 1. The molecule has 3 aromatic rings. The highest BCUT2D eigenvalue weighted by Gasteiger charge is 2.15. The van der Waals surface area contributed by atoms with Crippen molar-refractivity contribution in [3.63, 3.8) is 0 Å². The van der Waals surface area contributed by atoms with Crippen LogP contribution in [0.4, 0.5) is 5.82 Å². The van der Waals surface area contributed by atoms with Gasteiger partial charge in [-0.15, -0.1) is 0 Å². The Hall–Kier alpha value is -2.96. The van der Waals surface area contributed by atoms with E-state index in [9.17, 15) is 4.79 Å². The van der Waals surface area contributed by atoms with Crippen LogP contribution >= 0.6 is 0 Å². The molecule has 2 aromatic heterocycles. The fourth-order valence-corrected chi connectivity index (χ4v) is 2.17. The van der Waals surface area contributed by atoms with Crippen LogP contribution in [0.25, 0.3) is 11.2 Å². The maximum atomic E-state index is 11.5. The Morgan fingerprint density at radius 3 is 2.68 bits per heavy atom. The number of anilines is 1. The number of carbonyl (C=O) groups is 1. The molecule has 0 fully saturated rings. The molecule has 0 aliphatic rings. The molecule has 3 rings (SSSR count). The Morgan fingerprint density at radius 2 is 1.95 bits per heavy atom. The van der Waals surface area contributed by atoms with E-state index in [1.54, 1.807) is 0 Å². The van der Waals surface area contributed by atoms with Crippen molar-refractivity contribution in [1.29, 1.82) is 0 Å². The van der Waals surface area contributed by atoms with E-state index < -0.39 is 5.97 Å². The van der Waals surface area contributed by atoms with Crippen LogP contribution in [0.5, 0.6) is 0 Å². The summed E-state index contributed by atoms with van der Waals surface area (Å²) in [5.74, 6) is 0.370. The molecule has 0 amide bonds. The number of rotatable bonds is 4. The van der Waals surface area contributed by atoms with Crippen LogP contribution in [-0.2, 0) is 17.6 Å². The van der Waals surface area contributed by atoms with Crippen LogP contribution in [-0.4, -0.2) is 33.0 Å². The average Bonchev–Trinajstić information content (AvgIpc) is 2.98. The first-order valence-electron chi connectivity index (χ1n) is 6.81. The molecular weight excluding hydrogens is 282 g/mol. The number of methoxy groups -OCH3 is 1. The number of nitrogen functional groups attached to an aromatic ring is 1. The van der Waals surface area contributed by atoms with Gasteiger partial charge in [0.25, 0.3) is 0 Å². The Morgan fingerprint density at radius 1 is 1.18 bits per heavy atom. The van der Waals surface area contributed by atoms with Crippen molar-refractivity contribution in [2.45, 2.75) is 12.8 Å². The molecule has 0 aliphatic carbocycles. The van der Waals surface area contributed by atoms with Gasteiger partial charge in [0.1, 0.15) is 11.3 Å². The number of fused-ring (bicyclic) bond motifs is 1. The Bertz CT molecular complexity index is 813. The summed E-state index contributed by atoms with van der Waals surface area (Å²) in [6.45, 7) is 0. The summed E-state index contributed by atoms with van der Waals surface area (Å²) >= 11 is 0. The average molecular weight is 297 g/mol. The van der Waals surface area contributed by atoms with Gasteiger partial charge in [-0.05, 0) is 12.0 Å². The molecule has 0 bridgehead atoms. The molecule has 0 saturated heterocycles. The number of nitrogens with one attached hydrogen (secondary N) is 1. The summed E-state index contributed by atoms with van der Waals surface area (Å²) in [6.07, 6.45) is 1.45. The predicted octanol–water partition coefficient (Wildman–Crippen LogP) is 1.51. The van der Waals surface area contributed by atoms with Crippen LogP contribution in [0.2, 0.25) is 0 Å². The first-order valence-corrected chi connectivity index (χ1v) is 6.81. The van der Waals surface area contributed by atoms with Crippen LogP contribution in [0.3, 0.4) is 0 Å². The Balaban J connectivity index is 1.86. The van der Waals surface area contributed by atoms with Crippen molar-refractivity contribution in [3.8, 4) is 0 Å². The van der Waals surface area contributed by atoms with Gasteiger partial charge in [-0.2, -0.15) is 0 Å². The summed E-state index contributed by atoms with van der Waals surface area (Å²) in [5.41, 5.74) is 7.92. The second kappa shape index (κ2) is 5.80. The number of carbonyl (C=O) groups excluding carboxylic acids is 1. The molecule has 0 spiro atoms. The molecule has 0 saturated carbocycles. The van der Waals surface area contributed by atoms with E-state index in [2.05, 4.69) is 24.7 Å². The van der Waals surface area contributed by atoms with Crippen LogP contribution in [0, 0.1) is 0 Å². The number of hydrogen-bond donors (Lipinski definition) is 2. The number of imidazole rings is 1. The molecule has 7 heteroatoms. The van der Waals surface area contributed by atoms with Crippen LogP contribution in [0.1, 0.15) is 22.0 Å². The smallest absolute Gasteiger partial charge is 0.374 e.